The summed E-state index contributed by atoms with van der Waals surface area (Å²) in [5, 5.41) is 8.53. The summed E-state index contributed by atoms with van der Waals surface area (Å²) in [5.74, 6) is 2.33. The third kappa shape index (κ3) is 1.54. The van der Waals surface area contributed by atoms with Gasteiger partial charge in [0.1, 0.15) is 0 Å². The van der Waals surface area contributed by atoms with E-state index >= 15 is 0 Å². The summed E-state index contributed by atoms with van der Waals surface area (Å²) in [5.41, 5.74) is 0. The molecule has 0 aromatic rings. The predicted molar refractivity (Wildman–Crippen MR) is 46.7 cm³/mol. The van der Waals surface area contributed by atoms with Gasteiger partial charge >= 0.3 is 0 Å². The molecule has 0 heterocycles. The molecule has 2 nitrogen and oxygen atoms in total. The van der Waals surface area contributed by atoms with Gasteiger partial charge in [-0.2, -0.15) is 0 Å². The summed E-state index contributed by atoms with van der Waals surface area (Å²) in [6.07, 6.45) is 7.31. The van der Waals surface area contributed by atoms with Crippen LogP contribution in [0.1, 0.15) is 12.8 Å². The third-order valence-electron chi connectivity index (χ3n) is 2.98. The van der Waals surface area contributed by atoms with E-state index in [0.717, 1.165) is 24.4 Å². The molecule has 3 unspecified atom stereocenters. The van der Waals surface area contributed by atoms with Crippen molar-refractivity contribution in [2.75, 3.05) is 19.8 Å². The molecule has 0 spiro atoms. The van der Waals surface area contributed by atoms with Crippen molar-refractivity contribution in [1.82, 2.24) is 0 Å². The molecule has 68 valence electrons. The first kappa shape index (κ1) is 8.27. The van der Waals surface area contributed by atoms with Crippen molar-refractivity contribution in [3.8, 4) is 0 Å². The maximum atomic E-state index is 8.53. The molecule has 2 heteroatoms. The zero-order chi connectivity index (χ0) is 8.39. The molecule has 1 N–H and O–H groups in total. The Morgan fingerprint density at radius 2 is 2.25 bits per heavy atom. The van der Waals surface area contributed by atoms with Crippen LogP contribution in [0.2, 0.25) is 0 Å². The molecular weight excluding hydrogens is 152 g/mol. The van der Waals surface area contributed by atoms with Crippen molar-refractivity contribution < 1.29 is 9.84 Å². The van der Waals surface area contributed by atoms with Crippen LogP contribution >= 0.6 is 0 Å². The van der Waals surface area contributed by atoms with Gasteiger partial charge in [-0.15, -0.1) is 0 Å². The second kappa shape index (κ2) is 3.58. The van der Waals surface area contributed by atoms with Crippen LogP contribution in [0.5, 0.6) is 0 Å². The van der Waals surface area contributed by atoms with Gasteiger partial charge in [-0.25, -0.2) is 0 Å². The fourth-order valence-electron chi connectivity index (χ4n) is 2.39. The summed E-state index contributed by atoms with van der Waals surface area (Å²) in [4.78, 5) is 0. The van der Waals surface area contributed by atoms with Crippen LogP contribution in [-0.4, -0.2) is 24.9 Å². The summed E-state index contributed by atoms with van der Waals surface area (Å²) in [6.45, 7) is 1.49. The van der Waals surface area contributed by atoms with Gasteiger partial charge in [-0.05, 0) is 30.6 Å². The van der Waals surface area contributed by atoms with Crippen LogP contribution in [0.15, 0.2) is 12.2 Å². The number of hydrogen-bond donors (Lipinski definition) is 1. The minimum Gasteiger partial charge on any atom is -0.394 e. The Balaban J connectivity index is 1.73. The Morgan fingerprint density at radius 1 is 1.33 bits per heavy atom. The van der Waals surface area contributed by atoms with Crippen LogP contribution < -0.4 is 0 Å². The Morgan fingerprint density at radius 3 is 2.83 bits per heavy atom. The molecule has 3 atom stereocenters. The number of hydrogen-bond acceptors (Lipinski definition) is 2. The Hall–Kier alpha value is -0.340. The molecule has 1 saturated carbocycles. The largest absolute Gasteiger partial charge is 0.394 e. The van der Waals surface area contributed by atoms with Crippen LogP contribution in [0.3, 0.4) is 0 Å². The molecule has 0 aliphatic heterocycles. The monoisotopic (exact) mass is 168 g/mol. The fourth-order valence-corrected chi connectivity index (χ4v) is 2.39. The van der Waals surface area contributed by atoms with Crippen LogP contribution in [0.4, 0.5) is 0 Å². The van der Waals surface area contributed by atoms with Crippen molar-refractivity contribution in [2.24, 2.45) is 17.8 Å². The van der Waals surface area contributed by atoms with E-state index in [2.05, 4.69) is 12.2 Å². The average molecular weight is 168 g/mol. The van der Waals surface area contributed by atoms with Crippen LogP contribution in [-0.2, 0) is 4.74 Å². The topological polar surface area (TPSA) is 29.5 Å². The van der Waals surface area contributed by atoms with E-state index in [1.54, 1.807) is 0 Å². The van der Waals surface area contributed by atoms with Gasteiger partial charge in [0.2, 0.25) is 0 Å². The lowest BCUT2D eigenvalue weighted by Crippen LogP contribution is -2.15. The van der Waals surface area contributed by atoms with Gasteiger partial charge in [-0.1, -0.05) is 12.2 Å². The Bertz CT molecular complexity index is 177. The molecule has 2 aliphatic rings. The second-order valence-electron chi connectivity index (χ2n) is 3.84. The first-order chi connectivity index (χ1) is 5.90. The van der Waals surface area contributed by atoms with E-state index < -0.39 is 0 Å². The number of rotatable bonds is 4. The molecule has 0 amide bonds. The summed E-state index contributed by atoms with van der Waals surface area (Å²) < 4.78 is 5.34. The fraction of sp³-hybridized carbons (Fsp3) is 0.800. The molecule has 1 fully saturated rings. The molecule has 0 aromatic heterocycles. The highest BCUT2D eigenvalue weighted by Crippen LogP contribution is 2.43. The zero-order valence-electron chi connectivity index (χ0n) is 7.28. The lowest BCUT2D eigenvalue weighted by Gasteiger charge is -2.17. The molecular formula is C10H16O2. The smallest absolute Gasteiger partial charge is 0.0697 e. The lowest BCUT2D eigenvalue weighted by atomic mass is 9.95. The maximum Gasteiger partial charge on any atom is 0.0697 e. The molecule has 0 aromatic carbocycles. The number of ether oxygens (including phenoxy) is 1. The van der Waals surface area contributed by atoms with Crippen molar-refractivity contribution in [3.63, 3.8) is 0 Å². The first-order valence-corrected chi connectivity index (χ1v) is 4.77. The van der Waals surface area contributed by atoms with E-state index in [1.165, 1.54) is 12.8 Å². The highest BCUT2D eigenvalue weighted by molar-refractivity contribution is 5.09. The van der Waals surface area contributed by atoms with E-state index in [9.17, 15) is 0 Å². The highest BCUT2D eigenvalue weighted by atomic mass is 16.5. The molecule has 12 heavy (non-hydrogen) atoms. The van der Waals surface area contributed by atoms with E-state index in [-0.39, 0.29) is 6.61 Å². The minimum atomic E-state index is 0.149. The maximum absolute atomic E-state index is 8.53. The van der Waals surface area contributed by atoms with Gasteiger partial charge in [0.25, 0.3) is 0 Å². The third-order valence-corrected chi connectivity index (χ3v) is 2.98. The number of allylic oxidation sites excluding steroid dienone is 2. The highest BCUT2D eigenvalue weighted by Gasteiger charge is 2.35. The minimum absolute atomic E-state index is 0.149. The van der Waals surface area contributed by atoms with Gasteiger partial charge in [0, 0.05) is 0 Å². The summed E-state index contributed by atoms with van der Waals surface area (Å²) in [7, 11) is 0. The summed E-state index contributed by atoms with van der Waals surface area (Å²) >= 11 is 0. The first-order valence-electron chi connectivity index (χ1n) is 4.77. The average Bonchev–Trinajstić information content (AvgIpc) is 2.65. The van der Waals surface area contributed by atoms with Crippen molar-refractivity contribution >= 4 is 0 Å². The summed E-state index contributed by atoms with van der Waals surface area (Å²) in [6, 6.07) is 0. The molecule has 0 radical (unpaired) electrons. The molecule has 0 saturated heterocycles. The molecule has 2 rings (SSSR count). The second-order valence-corrected chi connectivity index (χ2v) is 3.84. The van der Waals surface area contributed by atoms with Crippen molar-refractivity contribution in [2.45, 2.75) is 12.8 Å². The van der Waals surface area contributed by atoms with Gasteiger partial charge in [0.15, 0.2) is 0 Å². The number of aliphatic hydroxyl groups is 1. The Labute approximate surface area is 73.2 Å². The predicted octanol–water partition coefficient (Wildman–Crippen LogP) is 1.21. The van der Waals surface area contributed by atoms with Gasteiger partial charge < -0.3 is 9.84 Å². The standard InChI is InChI=1S/C10H16O2/c11-3-4-12-7-10-6-8-1-2-9(10)5-8/h1-2,8-11H,3-7H2. The Kier molecular flexibility index (Phi) is 2.47. The molecule has 2 bridgehead atoms. The SMILES string of the molecule is OCCOCC1CC2C=CC1C2. The van der Waals surface area contributed by atoms with Crippen LogP contribution in [0.25, 0.3) is 0 Å². The van der Waals surface area contributed by atoms with E-state index in [4.69, 9.17) is 9.84 Å². The number of fused-ring (bicyclic) bond motifs is 2. The van der Waals surface area contributed by atoms with Crippen molar-refractivity contribution in [3.05, 3.63) is 12.2 Å². The van der Waals surface area contributed by atoms with E-state index in [0.29, 0.717) is 6.61 Å². The quantitative estimate of drug-likeness (QED) is 0.505. The van der Waals surface area contributed by atoms with Crippen LogP contribution in [0, 0.1) is 17.8 Å². The number of aliphatic hydroxyl groups excluding tert-OH is 1. The van der Waals surface area contributed by atoms with Gasteiger partial charge in [0.05, 0.1) is 19.8 Å². The van der Waals surface area contributed by atoms with Gasteiger partial charge in [-0.3, -0.25) is 0 Å². The van der Waals surface area contributed by atoms with Crippen molar-refractivity contribution in [1.29, 1.82) is 0 Å². The lowest BCUT2D eigenvalue weighted by molar-refractivity contribution is 0.0616. The van der Waals surface area contributed by atoms with E-state index in [1.807, 2.05) is 0 Å². The normalized spacial score (nSPS) is 37.9. The molecule has 2 aliphatic carbocycles. The zero-order valence-corrected chi connectivity index (χ0v) is 7.28.